The molecule has 3 aromatic heterocycles. The predicted molar refractivity (Wildman–Crippen MR) is 328 cm³/mol. The van der Waals surface area contributed by atoms with Gasteiger partial charge in [-0.2, -0.15) is 0 Å². The molecule has 0 fully saturated rings. The third-order valence-corrected chi connectivity index (χ3v) is 20.4. The summed E-state index contributed by atoms with van der Waals surface area (Å²) in [5.41, 5.74) is 9.55. The Morgan fingerprint density at radius 2 is 0.662 bits per heavy atom. The normalized spacial score (nSPS) is 12.6. The topological polar surface area (TPSA) is 95.2 Å². The molecule has 0 atom stereocenters. The first-order chi connectivity index (χ1) is 39.6. The molecular weight excluding hydrogens is 993 g/mol. The highest BCUT2D eigenvalue weighted by Gasteiger charge is 2.53. The van der Waals surface area contributed by atoms with Gasteiger partial charge in [0.2, 0.25) is 8.07 Å². The fourth-order valence-electron chi connectivity index (χ4n) is 12.3. The van der Waals surface area contributed by atoms with Gasteiger partial charge < -0.3 is 0 Å². The summed E-state index contributed by atoms with van der Waals surface area (Å²) >= 11 is 0. The molecule has 4 heterocycles. The fraction of sp³-hybridized carbons (Fsp3) is 0. The summed E-state index contributed by atoms with van der Waals surface area (Å²) in [5.74, 6) is 3.57. The number of fused-ring (bicyclic) bond motifs is 11. The van der Waals surface area contributed by atoms with E-state index in [1.807, 2.05) is 72.8 Å². The molecule has 0 saturated carbocycles. The number of rotatable bonds is 8. The number of nitrogens with zero attached hydrogens (tertiary/aromatic N) is 8. The zero-order valence-corrected chi connectivity index (χ0v) is 44.0. The highest BCUT2D eigenvalue weighted by Crippen LogP contribution is 2.39. The lowest BCUT2D eigenvalue weighted by Gasteiger charge is -2.30. The van der Waals surface area contributed by atoms with Crippen LogP contribution >= 0.6 is 0 Å². The van der Waals surface area contributed by atoms with Gasteiger partial charge in [0.15, 0.2) is 34.9 Å². The van der Waals surface area contributed by atoms with Crippen LogP contribution < -0.4 is 21.0 Å². The Bertz CT molecular complexity index is 4590. The molecule has 8 nitrogen and oxygen atoms in total. The van der Waals surface area contributed by atoms with Crippen LogP contribution in [0, 0.1) is 0 Å². The highest BCUT2D eigenvalue weighted by molar-refractivity contribution is 7.20. The van der Waals surface area contributed by atoms with Gasteiger partial charge >= 0.3 is 0 Å². The second-order valence-corrected chi connectivity index (χ2v) is 24.1. The number of aromatic nitrogens is 8. The van der Waals surface area contributed by atoms with Gasteiger partial charge in [0.05, 0.1) is 11.0 Å². The number of para-hydroxylation sites is 3. The SMILES string of the molecule is c1ccc(-c2nc(-c3ccccc3)nc(-c3cc([Si]4(c5cc(-c6nc(-c7ccccc7)nc(-c7ccccc7)n6)c6c(ccc7ccccc76)c5)c5ccccc5-n5c4nc4ccccc45)cc4ccc5ccccc5c34)n2)cc1. The minimum absolute atomic E-state index is 0.586. The first kappa shape index (κ1) is 45.6. The van der Waals surface area contributed by atoms with Gasteiger partial charge in [-0.05, 0) is 66.1 Å². The van der Waals surface area contributed by atoms with Crippen LogP contribution in [0.25, 0.3) is 128 Å². The van der Waals surface area contributed by atoms with E-state index in [0.29, 0.717) is 34.9 Å². The van der Waals surface area contributed by atoms with Crippen molar-refractivity contribution in [1.82, 2.24) is 39.5 Å². The molecule has 1 aliphatic rings. The second-order valence-electron chi connectivity index (χ2n) is 20.4. The smallest absolute Gasteiger partial charge is 0.226 e. The molecule has 0 bridgehead atoms. The maximum absolute atomic E-state index is 5.84. The van der Waals surface area contributed by atoms with Crippen molar-refractivity contribution in [3.05, 3.63) is 267 Å². The monoisotopic (exact) mass is 1040 g/mol. The van der Waals surface area contributed by atoms with E-state index in [9.17, 15) is 0 Å². The van der Waals surface area contributed by atoms with Crippen LogP contribution in [0.1, 0.15) is 0 Å². The Morgan fingerprint density at radius 1 is 0.287 bits per heavy atom. The molecule has 1 aliphatic heterocycles. The Kier molecular flexibility index (Phi) is 10.4. The lowest BCUT2D eigenvalue weighted by Crippen LogP contribution is -2.73. The zero-order valence-electron chi connectivity index (χ0n) is 43.0. The molecule has 0 radical (unpaired) electrons. The molecule has 12 aromatic carbocycles. The van der Waals surface area contributed by atoms with E-state index in [1.54, 1.807) is 0 Å². The standard InChI is InChI=1S/C71H44N8Si/c1-5-23-47(24-6-1)65-73-66(48-25-7-2-8-26-48)76-69(75-65)57-43-53(41-51-39-37-45-21-13-15-31-55(45)63(51)57)80(62-36-20-19-35-61(62)79-60-34-18-17-33-59(60)72-71(79)80)54-42-52-40-38-46-22-14-16-32-56(46)64(52)58(44-54)70-77-67(49-27-9-3-10-28-49)74-68(78-70)50-29-11-4-12-30-50/h1-44H. The summed E-state index contributed by atoms with van der Waals surface area (Å²) < 4.78 is 2.43. The highest BCUT2D eigenvalue weighted by atomic mass is 28.3. The average molecular weight is 1040 g/mol. The van der Waals surface area contributed by atoms with Gasteiger partial charge in [0, 0.05) is 49.8 Å². The molecule has 0 unspecified atom stereocenters. The van der Waals surface area contributed by atoms with E-state index in [0.717, 1.165) is 109 Å². The third kappa shape index (κ3) is 7.18. The van der Waals surface area contributed by atoms with Gasteiger partial charge in [-0.15, -0.1) is 0 Å². The van der Waals surface area contributed by atoms with E-state index in [-0.39, 0.29) is 0 Å². The van der Waals surface area contributed by atoms with Crippen LogP contribution in [-0.4, -0.2) is 47.5 Å². The lowest BCUT2D eigenvalue weighted by molar-refractivity contribution is 1.08. The average Bonchev–Trinajstić information content (AvgIpc) is 4.28. The molecule has 16 rings (SSSR count). The molecule has 0 saturated heterocycles. The van der Waals surface area contributed by atoms with Crippen LogP contribution in [0.4, 0.5) is 0 Å². The van der Waals surface area contributed by atoms with Crippen molar-refractivity contribution >= 4 is 83.2 Å². The molecule has 9 heteroatoms. The largest absolute Gasteiger partial charge is 0.299 e. The summed E-state index contributed by atoms with van der Waals surface area (Å²) in [6.45, 7) is 0. The Labute approximate surface area is 461 Å². The van der Waals surface area contributed by atoms with Gasteiger partial charge in [-0.1, -0.05) is 249 Å². The van der Waals surface area contributed by atoms with Crippen LogP contribution in [0.2, 0.25) is 0 Å². The van der Waals surface area contributed by atoms with E-state index < -0.39 is 8.07 Å². The minimum atomic E-state index is -3.61. The van der Waals surface area contributed by atoms with Crippen LogP contribution in [0.3, 0.4) is 0 Å². The Hall–Kier alpha value is -10.6. The Morgan fingerprint density at radius 3 is 1.14 bits per heavy atom. The van der Waals surface area contributed by atoms with E-state index in [2.05, 4.69) is 199 Å². The fourth-order valence-corrected chi connectivity index (χ4v) is 17.3. The van der Waals surface area contributed by atoms with Gasteiger partial charge in [0.25, 0.3) is 0 Å². The predicted octanol–water partition coefficient (Wildman–Crippen LogP) is 13.7. The van der Waals surface area contributed by atoms with Crippen molar-refractivity contribution in [3.8, 4) is 74.0 Å². The number of imidazole rings is 1. The van der Waals surface area contributed by atoms with Crippen molar-refractivity contribution in [2.45, 2.75) is 0 Å². The first-order valence-corrected chi connectivity index (χ1v) is 28.9. The zero-order chi connectivity index (χ0) is 52.7. The summed E-state index contributed by atoms with van der Waals surface area (Å²) in [6, 6.07) is 94.4. The molecule has 372 valence electrons. The van der Waals surface area contributed by atoms with Crippen LogP contribution in [0.15, 0.2) is 267 Å². The maximum atomic E-state index is 5.84. The van der Waals surface area contributed by atoms with Gasteiger partial charge in [0.1, 0.15) is 5.45 Å². The quantitative estimate of drug-likeness (QED) is 0.110. The molecule has 15 aromatic rings. The van der Waals surface area contributed by atoms with E-state index in [4.69, 9.17) is 34.9 Å². The van der Waals surface area contributed by atoms with Gasteiger partial charge in [-0.3, -0.25) is 4.57 Å². The van der Waals surface area contributed by atoms with Crippen molar-refractivity contribution < 1.29 is 0 Å². The molecule has 0 spiro atoms. The Balaban J connectivity index is 1.07. The molecular formula is C71H44N8Si. The van der Waals surface area contributed by atoms with Crippen molar-refractivity contribution in [3.63, 3.8) is 0 Å². The molecule has 0 aliphatic carbocycles. The maximum Gasteiger partial charge on any atom is 0.226 e. The third-order valence-electron chi connectivity index (χ3n) is 15.9. The number of hydrogen-bond donors (Lipinski definition) is 0. The van der Waals surface area contributed by atoms with E-state index in [1.165, 1.54) is 5.19 Å². The van der Waals surface area contributed by atoms with Crippen LogP contribution in [0.5, 0.6) is 0 Å². The summed E-state index contributed by atoms with van der Waals surface area (Å²) in [4.78, 5) is 38.1. The number of hydrogen-bond acceptors (Lipinski definition) is 7. The molecule has 0 amide bonds. The summed E-state index contributed by atoms with van der Waals surface area (Å²) in [5, 5.41) is 12.3. The second kappa shape index (κ2) is 18.3. The summed E-state index contributed by atoms with van der Waals surface area (Å²) in [7, 11) is -3.61. The summed E-state index contributed by atoms with van der Waals surface area (Å²) in [6.07, 6.45) is 0. The van der Waals surface area contributed by atoms with Gasteiger partial charge in [-0.25, -0.2) is 34.9 Å². The minimum Gasteiger partial charge on any atom is -0.299 e. The van der Waals surface area contributed by atoms with Crippen molar-refractivity contribution in [2.24, 2.45) is 0 Å². The first-order valence-electron chi connectivity index (χ1n) is 26.9. The van der Waals surface area contributed by atoms with Crippen molar-refractivity contribution in [1.29, 1.82) is 0 Å². The number of benzene rings is 12. The van der Waals surface area contributed by atoms with E-state index >= 15 is 0 Å². The molecule has 80 heavy (non-hydrogen) atoms. The van der Waals surface area contributed by atoms with Crippen molar-refractivity contribution in [2.75, 3.05) is 0 Å². The molecule has 0 N–H and O–H groups in total. The van der Waals surface area contributed by atoms with Crippen LogP contribution in [-0.2, 0) is 0 Å². The lowest BCUT2D eigenvalue weighted by atomic mass is 9.97.